The van der Waals surface area contributed by atoms with Gasteiger partial charge in [-0.1, -0.05) is 193 Å². The van der Waals surface area contributed by atoms with Gasteiger partial charge in [0.2, 0.25) is 0 Å². The molecule has 0 aromatic heterocycles. The molecule has 0 spiro atoms. The third kappa shape index (κ3) is 31.1. The van der Waals surface area contributed by atoms with Crippen LogP contribution in [0.15, 0.2) is 35.2 Å². The Labute approximate surface area is 276 Å². The van der Waals surface area contributed by atoms with Gasteiger partial charge < -0.3 is 5.32 Å². The normalized spacial score (nSPS) is 11.4. The van der Waals surface area contributed by atoms with E-state index in [0.717, 1.165) is 19.3 Å². The third-order valence-corrected chi connectivity index (χ3v) is 9.76. The van der Waals surface area contributed by atoms with E-state index in [1.54, 1.807) is 30.3 Å². The van der Waals surface area contributed by atoms with Crippen LogP contribution in [0.1, 0.15) is 194 Å². The second-order valence-corrected chi connectivity index (χ2v) is 14.4. The van der Waals surface area contributed by atoms with Crippen molar-refractivity contribution in [3.05, 3.63) is 30.3 Å². The average Bonchev–Trinajstić information content (AvgIpc) is 3.04. The van der Waals surface area contributed by atoms with Crippen LogP contribution in [0.25, 0.3) is 0 Å². The number of rotatable bonds is 32. The molecule has 0 radical (unpaired) electrons. The molecule has 4 nitrogen and oxygen atoms in total. The highest BCUT2D eigenvalue weighted by atomic mass is 32.2. The van der Waals surface area contributed by atoms with Crippen molar-refractivity contribution in [3.8, 4) is 0 Å². The molecule has 1 rings (SSSR count). The van der Waals surface area contributed by atoms with Crippen molar-refractivity contribution in [1.82, 2.24) is 5.32 Å². The molecular weight excluding hydrogens is 563 g/mol. The molecule has 0 saturated heterocycles. The first kappa shape index (κ1) is 43.1. The van der Waals surface area contributed by atoms with Crippen molar-refractivity contribution in [2.24, 2.45) is 0 Å². The molecule has 0 aliphatic carbocycles. The predicted octanol–water partition coefficient (Wildman–Crippen LogP) is 12.6. The van der Waals surface area contributed by atoms with E-state index in [0.29, 0.717) is 0 Å². The fraction of sp³-hybridized carbons (Fsp3) is 0.846. The van der Waals surface area contributed by atoms with Gasteiger partial charge in [-0.2, -0.15) is 8.42 Å². The fourth-order valence-corrected chi connectivity index (χ4v) is 6.45. The van der Waals surface area contributed by atoms with Crippen molar-refractivity contribution in [1.29, 1.82) is 0 Å². The Morgan fingerprint density at radius 2 is 0.773 bits per heavy atom. The molecule has 5 heteroatoms. The Kier molecular flexibility index (Phi) is 34.2. The maximum atomic E-state index is 11.8. The molecule has 260 valence electrons. The lowest BCUT2D eigenvalue weighted by molar-refractivity contribution is 0.306. The Morgan fingerprint density at radius 1 is 0.455 bits per heavy atom. The van der Waals surface area contributed by atoms with Crippen LogP contribution >= 0.6 is 0 Å². The summed E-state index contributed by atoms with van der Waals surface area (Å²) in [5.41, 5.74) is 0. The lowest BCUT2D eigenvalue weighted by Crippen LogP contribution is -2.16. The number of hydrogen-bond acceptors (Lipinski definition) is 4. The first-order chi connectivity index (χ1) is 21.6. The molecule has 0 saturated carbocycles. The zero-order chi connectivity index (χ0) is 32.2. The van der Waals surface area contributed by atoms with Gasteiger partial charge in [0, 0.05) is 0 Å². The van der Waals surface area contributed by atoms with E-state index in [-0.39, 0.29) is 11.5 Å². The van der Waals surface area contributed by atoms with Gasteiger partial charge in [0.25, 0.3) is 10.1 Å². The molecule has 0 aliphatic heterocycles. The molecule has 0 heterocycles. The molecule has 0 unspecified atom stereocenters. The van der Waals surface area contributed by atoms with Crippen molar-refractivity contribution in [2.75, 3.05) is 19.7 Å². The molecule has 1 N–H and O–H groups in total. The molecule has 1 aromatic rings. The van der Waals surface area contributed by atoms with Gasteiger partial charge in [0.1, 0.15) is 0 Å². The van der Waals surface area contributed by atoms with Gasteiger partial charge in [-0.3, -0.25) is 4.18 Å². The second kappa shape index (κ2) is 35.0. The lowest BCUT2D eigenvalue weighted by atomic mass is 10.1. The average molecular weight is 638 g/mol. The number of hydrogen-bond donors (Lipinski definition) is 1. The first-order valence-corrected chi connectivity index (χ1v) is 20.6. The monoisotopic (exact) mass is 638 g/mol. The Bertz CT molecular complexity index is 747. The van der Waals surface area contributed by atoms with Gasteiger partial charge in [-0.25, -0.2) is 0 Å². The van der Waals surface area contributed by atoms with Crippen LogP contribution in [0.3, 0.4) is 0 Å². The zero-order valence-electron chi connectivity index (χ0n) is 29.7. The SMILES string of the molecule is CCCCCCCCCCCCNCCCCCCCCCCCC.CCCCCCCCCOS(=O)(=O)c1ccccc1. The number of nitrogens with one attached hydrogen (secondary N) is 1. The highest BCUT2D eigenvalue weighted by Gasteiger charge is 2.13. The summed E-state index contributed by atoms with van der Waals surface area (Å²) in [7, 11) is -3.56. The van der Waals surface area contributed by atoms with E-state index in [1.165, 1.54) is 167 Å². The van der Waals surface area contributed by atoms with Crippen LogP contribution in [-0.2, 0) is 14.3 Å². The van der Waals surface area contributed by atoms with Gasteiger partial charge in [-0.15, -0.1) is 0 Å². The minimum Gasteiger partial charge on any atom is -0.317 e. The van der Waals surface area contributed by atoms with Crippen molar-refractivity contribution in [2.45, 2.75) is 199 Å². The highest BCUT2D eigenvalue weighted by Crippen LogP contribution is 2.14. The quantitative estimate of drug-likeness (QED) is 0.0631. The van der Waals surface area contributed by atoms with E-state index in [2.05, 4.69) is 26.1 Å². The van der Waals surface area contributed by atoms with Gasteiger partial charge in [0.05, 0.1) is 11.5 Å². The fourth-order valence-electron chi connectivity index (χ4n) is 5.48. The van der Waals surface area contributed by atoms with Crippen LogP contribution < -0.4 is 5.32 Å². The Hall–Kier alpha value is -0.910. The topological polar surface area (TPSA) is 55.4 Å². The van der Waals surface area contributed by atoms with Crippen molar-refractivity contribution >= 4 is 10.1 Å². The van der Waals surface area contributed by atoms with E-state index in [9.17, 15) is 8.42 Å². The molecular formula is C39H75NO3S. The first-order valence-electron chi connectivity index (χ1n) is 19.2. The maximum Gasteiger partial charge on any atom is 0.296 e. The standard InChI is InChI=1S/C24H51N.C15H24O3S/c1-3-5-7-9-11-13-15-17-19-21-23-25-24-22-20-18-16-14-12-10-8-6-4-2;1-2-3-4-5-6-7-11-14-18-19(16,17)15-12-9-8-10-13-15/h25H,3-24H2,1-2H3;8-10,12-13H,2-7,11,14H2,1H3. The number of unbranched alkanes of at least 4 members (excludes halogenated alkanes) is 24. The van der Waals surface area contributed by atoms with Crippen LogP contribution in [0.4, 0.5) is 0 Å². The molecule has 0 atom stereocenters. The van der Waals surface area contributed by atoms with Crippen molar-refractivity contribution < 1.29 is 12.6 Å². The largest absolute Gasteiger partial charge is 0.317 e. The van der Waals surface area contributed by atoms with Crippen LogP contribution in [-0.4, -0.2) is 28.1 Å². The summed E-state index contributed by atoms with van der Waals surface area (Å²) in [4.78, 5) is 0.234. The predicted molar refractivity (Wildman–Crippen MR) is 194 cm³/mol. The van der Waals surface area contributed by atoms with Crippen LogP contribution in [0.5, 0.6) is 0 Å². The van der Waals surface area contributed by atoms with Crippen LogP contribution in [0, 0.1) is 0 Å². The summed E-state index contributed by atoms with van der Waals surface area (Å²) in [5, 5.41) is 3.64. The lowest BCUT2D eigenvalue weighted by Gasteiger charge is -2.05. The minimum absolute atomic E-state index is 0.234. The van der Waals surface area contributed by atoms with E-state index in [4.69, 9.17) is 4.18 Å². The van der Waals surface area contributed by atoms with Gasteiger partial charge >= 0.3 is 0 Å². The number of benzene rings is 1. The van der Waals surface area contributed by atoms with Crippen LogP contribution in [0.2, 0.25) is 0 Å². The Balaban J connectivity index is 0.000000870. The molecule has 0 aliphatic rings. The molecule has 0 fully saturated rings. The summed E-state index contributed by atoms with van der Waals surface area (Å²) >= 11 is 0. The summed E-state index contributed by atoms with van der Waals surface area (Å²) in [6.07, 6.45) is 36.8. The zero-order valence-corrected chi connectivity index (χ0v) is 30.5. The molecule has 0 amide bonds. The third-order valence-electron chi connectivity index (χ3n) is 8.43. The van der Waals surface area contributed by atoms with E-state index in [1.807, 2.05) is 0 Å². The Morgan fingerprint density at radius 3 is 1.14 bits per heavy atom. The van der Waals surface area contributed by atoms with Crippen molar-refractivity contribution in [3.63, 3.8) is 0 Å². The van der Waals surface area contributed by atoms with Gasteiger partial charge in [0.15, 0.2) is 0 Å². The van der Waals surface area contributed by atoms with Gasteiger partial charge in [-0.05, 0) is 44.5 Å². The second-order valence-electron chi connectivity index (χ2n) is 12.8. The summed E-state index contributed by atoms with van der Waals surface area (Å²) in [5.74, 6) is 0. The maximum absolute atomic E-state index is 11.8. The summed E-state index contributed by atoms with van der Waals surface area (Å²) < 4.78 is 28.6. The minimum atomic E-state index is -3.56. The molecule has 44 heavy (non-hydrogen) atoms. The van der Waals surface area contributed by atoms with E-state index >= 15 is 0 Å². The summed E-state index contributed by atoms with van der Waals surface area (Å²) in [6, 6.07) is 8.30. The highest BCUT2D eigenvalue weighted by molar-refractivity contribution is 7.86. The van der Waals surface area contributed by atoms with E-state index < -0.39 is 10.1 Å². The smallest absolute Gasteiger partial charge is 0.296 e. The molecule has 0 bridgehead atoms. The summed E-state index contributed by atoms with van der Waals surface area (Å²) in [6.45, 7) is 9.56. The molecule has 1 aromatic carbocycles.